The second-order valence-corrected chi connectivity index (χ2v) is 10.9. The molecule has 3 aromatic rings. The molecule has 0 saturated heterocycles. The number of nitrogens with one attached hydrogen (secondary N) is 2. The summed E-state index contributed by atoms with van der Waals surface area (Å²) in [4.78, 5) is 41.0. The molecule has 0 spiro atoms. The Morgan fingerprint density at radius 3 is 2.33 bits per heavy atom. The fourth-order valence-corrected chi connectivity index (χ4v) is 5.06. The number of pyridine rings is 1. The van der Waals surface area contributed by atoms with Crippen LogP contribution in [0.3, 0.4) is 0 Å². The number of carbonyl (C=O) groups is 1. The van der Waals surface area contributed by atoms with Gasteiger partial charge in [-0.25, -0.2) is 34.6 Å². The minimum Gasteiger partial charge on any atom is -0.467 e. The third-order valence-electron chi connectivity index (χ3n) is 7.27. The molecule has 1 aliphatic carbocycles. The van der Waals surface area contributed by atoms with Crippen molar-refractivity contribution in [1.29, 1.82) is 5.41 Å². The summed E-state index contributed by atoms with van der Waals surface area (Å²) in [5.41, 5.74) is 0.673. The highest BCUT2D eigenvalue weighted by Gasteiger charge is 2.38. The highest BCUT2D eigenvalue weighted by molar-refractivity contribution is 6.06. The molecule has 6 N–H and O–H groups in total. The highest BCUT2D eigenvalue weighted by atomic mass is 16.9. The van der Waals surface area contributed by atoms with Crippen molar-refractivity contribution in [3.63, 3.8) is 0 Å². The molecule has 17 nitrogen and oxygen atoms in total. The number of urea groups is 1. The number of amides is 2. The fraction of sp³-hybridized carbons (Fsp3) is 0.414. The average molecular weight is 638 g/mol. The van der Waals surface area contributed by atoms with Gasteiger partial charge in [0, 0.05) is 54.2 Å². The standard InChI is InChI=1S/C29H35N9O8/c1-16(2)35-27(39)38(23-9-4-17(12-31-23)18-13-32-25(44-3)33-14-18)19-5-7-20(8-6-19)45-26-34-15-21-24(36-26)22(30)10-11-37(28(40)41)46-29(21,42)43/h4,9-16,19-20,28,30,40-43H,5-8H2,1-3H3,(H,35,39)/b11-10-,30-22?/t19-,20-. The zero-order valence-electron chi connectivity index (χ0n) is 25.3. The van der Waals surface area contributed by atoms with Gasteiger partial charge >= 0.3 is 24.0 Å². The number of allylic oxidation sites excluding steroid dienone is 1. The molecule has 1 aliphatic heterocycles. The molecule has 0 radical (unpaired) electrons. The molecule has 2 aliphatic rings. The van der Waals surface area contributed by atoms with Crippen LogP contribution in [-0.2, 0) is 10.8 Å². The van der Waals surface area contributed by atoms with E-state index in [9.17, 15) is 25.2 Å². The number of carbonyl (C=O) groups excluding carboxylic acids is 1. The number of hydroxylamine groups is 2. The summed E-state index contributed by atoms with van der Waals surface area (Å²) < 4.78 is 11.0. The monoisotopic (exact) mass is 637 g/mol. The molecular weight excluding hydrogens is 602 g/mol. The topological polar surface area (TPSA) is 232 Å². The lowest BCUT2D eigenvalue weighted by Crippen LogP contribution is -2.50. The van der Waals surface area contributed by atoms with Crippen LogP contribution in [0.2, 0.25) is 0 Å². The van der Waals surface area contributed by atoms with E-state index in [2.05, 4.69) is 30.2 Å². The van der Waals surface area contributed by atoms with E-state index in [1.54, 1.807) is 29.6 Å². The Morgan fingerprint density at radius 1 is 1.04 bits per heavy atom. The van der Waals surface area contributed by atoms with E-state index in [-0.39, 0.29) is 47.6 Å². The van der Waals surface area contributed by atoms with Gasteiger partial charge in [-0.3, -0.25) is 10.3 Å². The van der Waals surface area contributed by atoms with Gasteiger partial charge in [-0.2, -0.15) is 4.98 Å². The predicted molar refractivity (Wildman–Crippen MR) is 160 cm³/mol. The molecule has 2 amide bonds. The first-order valence-corrected chi connectivity index (χ1v) is 14.5. The summed E-state index contributed by atoms with van der Waals surface area (Å²) >= 11 is 0. The van der Waals surface area contributed by atoms with Crippen molar-refractivity contribution >= 4 is 17.6 Å². The zero-order valence-corrected chi connectivity index (χ0v) is 25.3. The van der Waals surface area contributed by atoms with E-state index in [0.717, 1.165) is 29.6 Å². The Hall–Kier alpha value is -4.81. The van der Waals surface area contributed by atoms with Gasteiger partial charge in [0.2, 0.25) is 0 Å². The van der Waals surface area contributed by atoms with E-state index in [0.29, 0.717) is 36.6 Å². The molecule has 1 fully saturated rings. The van der Waals surface area contributed by atoms with Gasteiger partial charge in [0.1, 0.15) is 17.6 Å². The van der Waals surface area contributed by atoms with Crippen molar-refractivity contribution in [2.45, 2.75) is 70.1 Å². The van der Waals surface area contributed by atoms with Crippen molar-refractivity contribution in [1.82, 2.24) is 35.3 Å². The summed E-state index contributed by atoms with van der Waals surface area (Å²) in [6, 6.07) is 3.26. The second kappa shape index (κ2) is 13.7. The molecule has 244 valence electrons. The Bertz CT molecular complexity index is 1560. The number of hydrogen-bond donors (Lipinski definition) is 6. The molecule has 3 aromatic heterocycles. The fourth-order valence-electron chi connectivity index (χ4n) is 5.06. The van der Waals surface area contributed by atoms with Gasteiger partial charge in [0.25, 0.3) is 6.41 Å². The molecule has 1 saturated carbocycles. The zero-order chi connectivity index (χ0) is 33.0. The lowest BCUT2D eigenvalue weighted by Gasteiger charge is -2.36. The van der Waals surface area contributed by atoms with Crippen molar-refractivity contribution < 1.29 is 39.5 Å². The maximum absolute atomic E-state index is 13.4. The molecule has 0 atom stereocenters. The number of hydrogen-bond acceptors (Lipinski definition) is 15. The number of fused-ring (bicyclic) bond motifs is 1. The smallest absolute Gasteiger partial charge is 0.332 e. The Kier molecular flexibility index (Phi) is 9.68. The maximum Gasteiger partial charge on any atom is 0.332 e. The molecule has 0 bridgehead atoms. The normalized spacial score (nSPS) is 20.0. The number of nitrogens with zero attached hydrogens (tertiary/aromatic N) is 7. The molecular formula is C29H35N9O8. The van der Waals surface area contributed by atoms with Crippen LogP contribution in [0.15, 0.2) is 49.2 Å². The van der Waals surface area contributed by atoms with Gasteiger partial charge in [-0.1, -0.05) is 0 Å². The molecule has 4 heterocycles. The third-order valence-corrected chi connectivity index (χ3v) is 7.27. The minimum atomic E-state index is -3.07. The third kappa shape index (κ3) is 7.35. The van der Waals surface area contributed by atoms with Gasteiger partial charge < -0.3 is 35.2 Å². The Morgan fingerprint density at radius 2 is 1.72 bits per heavy atom. The van der Waals surface area contributed by atoms with Crippen molar-refractivity contribution in [2.24, 2.45) is 0 Å². The van der Waals surface area contributed by atoms with E-state index in [4.69, 9.17) is 19.7 Å². The molecule has 46 heavy (non-hydrogen) atoms. The highest BCUT2D eigenvalue weighted by Crippen LogP contribution is 2.31. The summed E-state index contributed by atoms with van der Waals surface area (Å²) in [6.45, 7) is 3.77. The number of anilines is 1. The number of methoxy groups -OCH3 is 1. The van der Waals surface area contributed by atoms with Crippen LogP contribution in [0.25, 0.3) is 11.1 Å². The maximum atomic E-state index is 13.4. The van der Waals surface area contributed by atoms with E-state index >= 15 is 0 Å². The number of aliphatic hydroxyl groups excluding tert-OH is 1. The van der Waals surface area contributed by atoms with Crippen LogP contribution in [0.1, 0.15) is 50.8 Å². The quantitative estimate of drug-likeness (QED) is 0.190. The van der Waals surface area contributed by atoms with Crippen LogP contribution in [0, 0.1) is 5.41 Å². The first kappa shape index (κ1) is 32.6. The number of aliphatic hydroxyl groups is 4. The summed E-state index contributed by atoms with van der Waals surface area (Å²) in [5.74, 6) is -2.58. The van der Waals surface area contributed by atoms with Gasteiger partial charge in [-0.05, 0) is 57.7 Å². The van der Waals surface area contributed by atoms with Gasteiger partial charge in [-0.15, -0.1) is 0 Å². The number of aromatic nitrogens is 5. The first-order chi connectivity index (χ1) is 21.9. The van der Waals surface area contributed by atoms with E-state index in [1.165, 1.54) is 7.11 Å². The molecule has 0 unspecified atom stereocenters. The summed E-state index contributed by atoms with van der Waals surface area (Å²) in [6.07, 6.45) is 7.76. The largest absolute Gasteiger partial charge is 0.467 e. The van der Waals surface area contributed by atoms with Crippen molar-refractivity contribution in [2.75, 3.05) is 12.0 Å². The number of ether oxygens (including phenoxy) is 2. The van der Waals surface area contributed by atoms with E-state index in [1.807, 2.05) is 19.9 Å². The summed E-state index contributed by atoms with van der Waals surface area (Å²) in [5, 5.41) is 51.2. The predicted octanol–water partition coefficient (Wildman–Crippen LogP) is 1.14. The van der Waals surface area contributed by atoms with Crippen molar-refractivity contribution in [3.05, 3.63) is 60.5 Å². The molecule has 0 aromatic carbocycles. The lowest BCUT2D eigenvalue weighted by atomic mass is 9.92. The number of rotatable bonds is 8. The van der Waals surface area contributed by atoms with Crippen LogP contribution < -0.4 is 19.7 Å². The van der Waals surface area contributed by atoms with Crippen molar-refractivity contribution in [3.8, 4) is 23.1 Å². The van der Waals surface area contributed by atoms with Crippen LogP contribution in [0.4, 0.5) is 10.6 Å². The SMILES string of the molecule is COc1ncc(-c2ccc(N(C(=O)NC(C)C)[C@H]3CC[C@H](Oc4ncc5c(n4)C(=N)/C=C\N(C(O)O)OC5(O)O)CC3)nc2)cn1. The van der Waals surface area contributed by atoms with Gasteiger partial charge in [0.05, 0.1) is 18.4 Å². The second-order valence-electron chi connectivity index (χ2n) is 10.9. The molecule has 17 heteroatoms. The van der Waals surface area contributed by atoms with Crippen LogP contribution >= 0.6 is 0 Å². The van der Waals surface area contributed by atoms with Crippen LogP contribution in [-0.4, -0.2) is 93.9 Å². The Labute approximate surface area is 263 Å². The average Bonchev–Trinajstić information content (AvgIpc) is 3.03. The van der Waals surface area contributed by atoms with Gasteiger partial charge in [0.15, 0.2) is 0 Å². The van der Waals surface area contributed by atoms with Crippen LogP contribution in [0.5, 0.6) is 12.0 Å². The first-order valence-electron chi connectivity index (χ1n) is 14.5. The minimum absolute atomic E-state index is 0.0904. The molecule has 5 rings (SSSR count). The lowest BCUT2D eigenvalue weighted by molar-refractivity contribution is -0.456. The summed E-state index contributed by atoms with van der Waals surface area (Å²) in [7, 11) is 1.49. The van der Waals surface area contributed by atoms with E-state index < -0.39 is 18.0 Å². The Balaban J connectivity index is 1.29.